The zero-order valence-electron chi connectivity index (χ0n) is 10.5. The molecule has 0 radical (unpaired) electrons. The Balaban J connectivity index is 0.000000321. The monoisotopic (exact) mass is 271 g/mol. The highest BCUT2D eigenvalue weighted by molar-refractivity contribution is 5.87. The highest BCUT2D eigenvalue weighted by Crippen LogP contribution is 1.96. The van der Waals surface area contributed by atoms with Gasteiger partial charge in [0, 0.05) is 6.57 Å². The Morgan fingerprint density at radius 3 is 1.10 bits per heavy atom. The van der Waals surface area contributed by atoms with Crippen molar-refractivity contribution in [3.05, 3.63) is 71.8 Å². The van der Waals surface area contributed by atoms with Crippen LogP contribution in [0, 0.1) is 11.8 Å². The van der Waals surface area contributed by atoms with E-state index in [1.807, 2.05) is 0 Å². The fourth-order valence-corrected chi connectivity index (χ4v) is 1.16. The number of hydrogen-bond acceptors (Lipinski definition) is 3. The van der Waals surface area contributed by atoms with E-state index in [-0.39, 0.29) is 0 Å². The van der Waals surface area contributed by atoms with Crippen LogP contribution in [0.5, 0.6) is 0 Å². The van der Waals surface area contributed by atoms with E-state index >= 15 is 0 Å². The van der Waals surface area contributed by atoms with Crippen molar-refractivity contribution in [2.45, 2.75) is 0 Å². The first-order valence-corrected chi connectivity index (χ1v) is 5.44. The predicted octanol–water partition coefficient (Wildman–Crippen LogP) is 2.91. The number of nitriles is 1. The van der Waals surface area contributed by atoms with Gasteiger partial charge in [0.15, 0.2) is 0 Å². The van der Waals surface area contributed by atoms with E-state index in [1.54, 1.807) is 60.7 Å². The maximum atomic E-state index is 10.2. The lowest BCUT2D eigenvalue weighted by Gasteiger charge is -1.88. The summed E-state index contributed by atoms with van der Waals surface area (Å²) in [6.45, 7) is 3.50. The van der Waals surface area contributed by atoms with Gasteiger partial charge < -0.3 is 10.2 Å². The van der Waals surface area contributed by atoms with Crippen molar-refractivity contribution in [2.75, 3.05) is 0 Å². The standard InChI is InChI=1S/2C7H6O2.CHN/c2*8-7(9)6-4-2-1-3-5-6;1-2/h2*1-5H,(H,8,9);1H. The Morgan fingerprint density at radius 1 is 0.700 bits per heavy atom. The summed E-state index contributed by atoms with van der Waals surface area (Å²) in [6, 6.07) is 16.6. The van der Waals surface area contributed by atoms with Gasteiger partial charge in [-0.05, 0) is 24.3 Å². The van der Waals surface area contributed by atoms with E-state index in [0.717, 1.165) is 0 Å². The van der Waals surface area contributed by atoms with Gasteiger partial charge in [0.25, 0.3) is 0 Å². The molecule has 2 rings (SSSR count). The fraction of sp³-hybridized carbons (Fsp3) is 0. The van der Waals surface area contributed by atoms with Crippen molar-refractivity contribution in [1.82, 2.24) is 0 Å². The summed E-state index contributed by atoms with van der Waals surface area (Å²) in [5.74, 6) is -1.76. The summed E-state index contributed by atoms with van der Waals surface area (Å²) in [5, 5.41) is 23.3. The number of nitrogens with zero attached hydrogens (tertiary/aromatic N) is 1. The molecule has 0 bridgehead atoms. The molecule has 2 aromatic rings. The maximum absolute atomic E-state index is 10.2. The second-order valence-electron chi connectivity index (χ2n) is 3.34. The highest BCUT2D eigenvalue weighted by atomic mass is 16.4. The molecule has 0 atom stereocenters. The molecule has 0 saturated heterocycles. The molecule has 0 spiro atoms. The summed E-state index contributed by atoms with van der Waals surface area (Å²) in [6.07, 6.45) is 0. The van der Waals surface area contributed by atoms with Gasteiger partial charge in [-0.3, -0.25) is 0 Å². The van der Waals surface area contributed by atoms with Crippen molar-refractivity contribution in [3.63, 3.8) is 0 Å². The minimum Gasteiger partial charge on any atom is -0.478 e. The van der Waals surface area contributed by atoms with Crippen molar-refractivity contribution >= 4 is 11.9 Å². The molecule has 0 unspecified atom stereocenters. The van der Waals surface area contributed by atoms with Crippen LogP contribution in [-0.2, 0) is 0 Å². The third-order valence-electron chi connectivity index (χ3n) is 2.04. The summed E-state index contributed by atoms with van der Waals surface area (Å²) in [4.78, 5) is 20.4. The van der Waals surface area contributed by atoms with E-state index in [2.05, 4.69) is 6.57 Å². The molecule has 2 N–H and O–H groups in total. The van der Waals surface area contributed by atoms with Gasteiger partial charge in [0.1, 0.15) is 0 Å². The van der Waals surface area contributed by atoms with Gasteiger partial charge in [-0.2, -0.15) is 0 Å². The number of rotatable bonds is 2. The topological polar surface area (TPSA) is 98.4 Å². The van der Waals surface area contributed by atoms with Crippen LogP contribution in [0.2, 0.25) is 0 Å². The van der Waals surface area contributed by atoms with Crippen LogP contribution in [-0.4, -0.2) is 22.2 Å². The lowest BCUT2D eigenvalue weighted by molar-refractivity contribution is 0.0686. The van der Waals surface area contributed by atoms with Crippen LogP contribution in [0.4, 0.5) is 0 Å². The Hall–Kier alpha value is -3.13. The Bertz CT molecular complexity index is 500. The summed E-state index contributed by atoms with van der Waals surface area (Å²) < 4.78 is 0. The molecule has 20 heavy (non-hydrogen) atoms. The smallest absolute Gasteiger partial charge is 0.335 e. The summed E-state index contributed by atoms with van der Waals surface area (Å²) in [5.41, 5.74) is 0.662. The van der Waals surface area contributed by atoms with Crippen molar-refractivity contribution < 1.29 is 19.8 Å². The summed E-state index contributed by atoms with van der Waals surface area (Å²) in [7, 11) is 0. The average Bonchev–Trinajstić information content (AvgIpc) is 2.51. The van der Waals surface area contributed by atoms with Gasteiger partial charge in [0.2, 0.25) is 0 Å². The molecular weight excluding hydrogens is 258 g/mol. The number of carboxylic acid groups (broad SMARTS) is 2. The van der Waals surface area contributed by atoms with Gasteiger partial charge in [-0.15, -0.1) is 0 Å². The molecule has 0 aromatic heterocycles. The lowest BCUT2D eigenvalue weighted by Crippen LogP contribution is -1.93. The van der Waals surface area contributed by atoms with E-state index < -0.39 is 11.9 Å². The third-order valence-corrected chi connectivity index (χ3v) is 2.04. The molecule has 5 nitrogen and oxygen atoms in total. The Kier molecular flexibility index (Phi) is 8.31. The van der Waals surface area contributed by atoms with Crippen molar-refractivity contribution in [3.8, 4) is 6.57 Å². The molecule has 0 aliphatic rings. The number of carboxylic acids is 2. The second kappa shape index (κ2) is 9.85. The first kappa shape index (κ1) is 16.9. The molecule has 0 fully saturated rings. The quantitative estimate of drug-likeness (QED) is 0.875. The molecule has 0 heterocycles. The van der Waals surface area contributed by atoms with Gasteiger partial charge in [-0.1, -0.05) is 36.4 Å². The third kappa shape index (κ3) is 6.57. The molecule has 102 valence electrons. The minimum atomic E-state index is -0.879. The van der Waals surface area contributed by atoms with E-state index in [4.69, 9.17) is 15.5 Å². The zero-order chi connectivity index (χ0) is 15.4. The number of carbonyl (C=O) groups is 2. The minimum absolute atomic E-state index is 0.331. The van der Waals surface area contributed by atoms with Crippen molar-refractivity contribution in [2.24, 2.45) is 0 Å². The predicted molar refractivity (Wildman–Crippen MR) is 73.5 cm³/mol. The molecule has 0 aliphatic heterocycles. The molecule has 0 aliphatic carbocycles. The molecule has 0 amide bonds. The molecule has 0 saturated carbocycles. The Morgan fingerprint density at radius 2 is 0.950 bits per heavy atom. The second-order valence-corrected chi connectivity index (χ2v) is 3.34. The average molecular weight is 271 g/mol. The number of hydrogen-bond donors (Lipinski definition) is 2. The van der Waals surface area contributed by atoms with Crippen LogP contribution < -0.4 is 0 Å². The molecule has 5 heteroatoms. The first-order valence-electron chi connectivity index (χ1n) is 5.44. The van der Waals surface area contributed by atoms with Crippen LogP contribution in [0.3, 0.4) is 0 Å². The highest BCUT2D eigenvalue weighted by Gasteiger charge is 1.97. The zero-order valence-corrected chi connectivity index (χ0v) is 10.5. The molecular formula is C15H13NO4. The molecule has 2 aromatic carbocycles. The fourth-order valence-electron chi connectivity index (χ4n) is 1.16. The lowest BCUT2D eigenvalue weighted by atomic mass is 10.2. The SMILES string of the molecule is C#N.O=C(O)c1ccccc1.O=C(O)c1ccccc1. The first-order chi connectivity index (χ1) is 9.61. The van der Waals surface area contributed by atoms with Gasteiger partial charge in [0.05, 0.1) is 11.1 Å². The van der Waals surface area contributed by atoms with E-state index in [9.17, 15) is 9.59 Å². The largest absolute Gasteiger partial charge is 0.478 e. The van der Waals surface area contributed by atoms with Crippen LogP contribution in [0.1, 0.15) is 20.7 Å². The van der Waals surface area contributed by atoms with Crippen molar-refractivity contribution in [1.29, 1.82) is 5.26 Å². The van der Waals surface area contributed by atoms with Crippen LogP contribution in [0.15, 0.2) is 60.7 Å². The number of benzene rings is 2. The van der Waals surface area contributed by atoms with Crippen LogP contribution >= 0.6 is 0 Å². The number of aromatic carboxylic acids is 2. The van der Waals surface area contributed by atoms with Crippen LogP contribution in [0.25, 0.3) is 0 Å². The Labute approximate surface area is 116 Å². The van der Waals surface area contributed by atoms with Gasteiger partial charge in [-0.25, -0.2) is 14.9 Å². The summed E-state index contributed by atoms with van der Waals surface area (Å²) >= 11 is 0. The maximum Gasteiger partial charge on any atom is 0.335 e. The normalized spacial score (nSPS) is 8.10. The van der Waals surface area contributed by atoms with E-state index in [0.29, 0.717) is 11.1 Å². The van der Waals surface area contributed by atoms with Gasteiger partial charge >= 0.3 is 11.9 Å². The van der Waals surface area contributed by atoms with E-state index in [1.165, 1.54) is 0 Å².